The second kappa shape index (κ2) is 4.99. The number of hydrogen-bond acceptors (Lipinski definition) is 2. The van der Waals surface area contributed by atoms with Crippen molar-refractivity contribution >= 4 is 17.9 Å². The van der Waals surface area contributed by atoms with E-state index in [1.54, 1.807) is 26.8 Å². The van der Waals surface area contributed by atoms with E-state index >= 15 is 0 Å². The van der Waals surface area contributed by atoms with E-state index in [1.807, 2.05) is 0 Å². The standard InChI is InChI=1S/C13H16FNO2/c1-5-9-6-7-10(8-11(9)14)15-12(16)17-13(2,3)4/h5-8H,1H2,2-4H3,(H,15,16). The first kappa shape index (κ1) is 13.2. The van der Waals surface area contributed by atoms with E-state index in [0.29, 0.717) is 11.3 Å². The summed E-state index contributed by atoms with van der Waals surface area (Å²) >= 11 is 0. The summed E-state index contributed by atoms with van der Waals surface area (Å²) in [6.07, 6.45) is 0.801. The molecule has 1 aromatic carbocycles. The molecule has 92 valence electrons. The van der Waals surface area contributed by atoms with Gasteiger partial charge in [0.05, 0.1) is 0 Å². The normalized spacial score (nSPS) is 10.8. The van der Waals surface area contributed by atoms with Gasteiger partial charge in [0.25, 0.3) is 0 Å². The summed E-state index contributed by atoms with van der Waals surface area (Å²) in [5.74, 6) is -0.437. The summed E-state index contributed by atoms with van der Waals surface area (Å²) in [7, 11) is 0. The number of carbonyl (C=O) groups excluding carboxylic acids is 1. The molecule has 1 N–H and O–H groups in total. The first-order valence-corrected chi connectivity index (χ1v) is 5.24. The lowest BCUT2D eigenvalue weighted by Crippen LogP contribution is -2.27. The number of carbonyl (C=O) groups is 1. The fraction of sp³-hybridized carbons (Fsp3) is 0.308. The molecular formula is C13H16FNO2. The fourth-order valence-corrected chi connectivity index (χ4v) is 1.19. The number of halogens is 1. The highest BCUT2D eigenvalue weighted by Gasteiger charge is 2.16. The number of benzene rings is 1. The van der Waals surface area contributed by atoms with Crippen LogP contribution in [-0.4, -0.2) is 11.7 Å². The molecule has 0 aliphatic rings. The maximum absolute atomic E-state index is 13.4. The molecule has 17 heavy (non-hydrogen) atoms. The molecule has 4 heteroatoms. The van der Waals surface area contributed by atoms with Crippen LogP contribution in [0.2, 0.25) is 0 Å². The van der Waals surface area contributed by atoms with Gasteiger partial charge >= 0.3 is 6.09 Å². The smallest absolute Gasteiger partial charge is 0.412 e. The van der Waals surface area contributed by atoms with E-state index in [2.05, 4.69) is 11.9 Å². The first-order valence-electron chi connectivity index (χ1n) is 5.24. The van der Waals surface area contributed by atoms with Gasteiger partial charge in [0.2, 0.25) is 0 Å². The first-order chi connectivity index (χ1) is 7.81. The topological polar surface area (TPSA) is 38.3 Å². The molecule has 0 fully saturated rings. The third-order valence-corrected chi connectivity index (χ3v) is 1.87. The van der Waals surface area contributed by atoms with Crippen LogP contribution in [0.4, 0.5) is 14.9 Å². The molecule has 0 radical (unpaired) electrons. The van der Waals surface area contributed by atoms with Crippen LogP contribution in [0.25, 0.3) is 6.08 Å². The Bertz CT molecular complexity index is 436. The van der Waals surface area contributed by atoms with Crippen molar-refractivity contribution < 1.29 is 13.9 Å². The summed E-state index contributed by atoms with van der Waals surface area (Å²) in [5, 5.41) is 2.46. The van der Waals surface area contributed by atoms with Gasteiger partial charge in [-0.15, -0.1) is 0 Å². The van der Waals surface area contributed by atoms with Crippen molar-refractivity contribution in [3.8, 4) is 0 Å². The zero-order valence-corrected chi connectivity index (χ0v) is 10.2. The quantitative estimate of drug-likeness (QED) is 0.849. The fourth-order valence-electron chi connectivity index (χ4n) is 1.19. The molecule has 0 unspecified atom stereocenters. The Labute approximate surface area is 100 Å². The van der Waals surface area contributed by atoms with Gasteiger partial charge in [-0.3, -0.25) is 5.32 Å². The molecule has 0 atom stereocenters. The molecule has 0 spiro atoms. The van der Waals surface area contributed by atoms with E-state index < -0.39 is 17.5 Å². The average molecular weight is 237 g/mol. The van der Waals surface area contributed by atoms with Gasteiger partial charge in [-0.25, -0.2) is 9.18 Å². The number of nitrogens with one attached hydrogen (secondary N) is 1. The van der Waals surface area contributed by atoms with Gasteiger partial charge < -0.3 is 4.74 Å². The number of rotatable bonds is 2. The summed E-state index contributed by atoms with van der Waals surface area (Å²) in [5.41, 5.74) is 0.158. The molecule has 0 bridgehead atoms. The maximum Gasteiger partial charge on any atom is 0.412 e. The highest BCUT2D eigenvalue weighted by molar-refractivity contribution is 5.85. The molecule has 0 aliphatic carbocycles. The number of amides is 1. The molecule has 0 aliphatic heterocycles. The third-order valence-electron chi connectivity index (χ3n) is 1.87. The number of hydrogen-bond donors (Lipinski definition) is 1. The second-order valence-corrected chi connectivity index (χ2v) is 4.57. The SMILES string of the molecule is C=Cc1ccc(NC(=O)OC(C)(C)C)cc1F. The molecule has 0 heterocycles. The van der Waals surface area contributed by atoms with Crippen LogP contribution in [-0.2, 0) is 4.74 Å². The molecule has 0 aromatic heterocycles. The molecule has 1 amide bonds. The minimum absolute atomic E-state index is 0.349. The van der Waals surface area contributed by atoms with E-state index in [-0.39, 0.29) is 0 Å². The van der Waals surface area contributed by atoms with Crippen molar-refractivity contribution in [2.75, 3.05) is 5.32 Å². The summed E-state index contributed by atoms with van der Waals surface area (Å²) in [6, 6.07) is 4.35. The summed E-state index contributed by atoms with van der Waals surface area (Å²) in [6.45, 7) is 8.75. The number of anilines is 1. The zero-order valence-electron chi connectivity index (χ0n) is 10.2. The molecule has 1 rings (SSSR count). The largest absolute Gasteiger partial charge is 0.444 e. The molecule has 1 aromatic rings. The lowest BCUT2D eigenvalue weighted by atomic mass is 10.2. The van der Waals surface area contributed by atoms with Gasteiger partial charge in [-0.1, -0.05) is 12.7 Å². The Morgan fingerprint density at radius 2 is 2.12 bits per heavy atom. The summed E-state index contributed by atoms with van der Waals surface area (Å²) in [4.78, 5) is 11.4. The van der Waals surface area contributed by atoms with Crippen molar-refractivity contribution in [1.29, 1.82) is 0 Å². The van der Waals surface area contributed by atoms with Gasteiger partial charge in [-0.05, 0) is 39.0 Å². The van der Waals surface area contributed by atoms with Crippen LogP contribution in [0.1, 0.15) is 26.3 Å². The van der Waals surface area contributed by atoms with Crippen LogP contribution in [0.3, 0.4) is 0 Å². The molecular weight excluding hydrogens is 221 g/mol. The summed E-state index contributed by atoms with van der Waals surface area (Å²) < 4.78 is 18.4. The monoisotopic (exact) mass is 237 g/mol. The van der Waals surface area contributed by atoms with Crippen molar-refractivity contribution in [2.45, 2.75) is 26.4 Å². The van der Waals surface area contributed by atoms with Crippen LogP contribution in [0.15, 0.2) is 24.8 Å². The van der Waals surface area contributed by atoms with E-state index in [4.69, 9.17) is 4.74 Å². The minimum atomic E-state index is -0.608. The molecule has 3 nitrogen and oxygen atoms in total. The Balaban J connectivity index is 2.73. The van der Waals surface area contributed by atoms with Gasteiger partial charge in [0.1, 0.15) is 11.4 Å². The maximum atomic E-state index is 13.4. The van der Waals surface area contributed by atoms with Crippen molar-refractivity contribution in [3.05, 3.63) is 36.2 Å². The van der Waals surface area contributed by atoms with Crippen molar-refractivity contribution in [1.82, 2.24) is 0 Å². The lowest BCUT2D eigenvalue weighted by molar-refractivity contribution is 0.0636. The predicted octanol–water partition coefficient (Wildman–Crippen LogP) is 3.82. The minimum Gasteiger partial charge on any atom is -0.444 e. The Morgan fingerprint density at radius 3 is 2.59 bits per heavy atom. The van der Waals surface area contributed by atoms with Crippen LogP contribution < -0.4 is 5.32 Å². The van der Waals surface area contributed by atoms with Crippen LogP contribution in [0, 0.1) is 5.82 Å². The Kier molecular flexibility index (Phi) is 3.89. The van der Waals surface area contributed by atoms with Crippen LogP contribution in [0.5, 0.6) is 0 Å². The highest BCUT2D eigenvalue weighted by Crippen LogP contribution is 2.16. The van der Waals surface area contributed by atoms with Crippen molar-refractivity contribution in [2.24, 2.45) is 0 Å². The average Bonchev–Trinajstić information content (AvgIpc) is 2.14. The number of ether oxygens (including phenoxy) is 1. The van der Waals surface area contributed by atoms with Gasteiger partial charge in [0, 0.05) is 11.3 Å². The molecule has 0 saturated heterocycles. The van der Waals surface area contributed by atoms with E-state index in [1.165, 1.54) is 18.2 Å². The van der Waals surface area contributed by atoms with Crippen molar-refractivity contribution in [3.63, 3.8) is 0 Å². The zero-order chi connectivity index (χ0) is 13.1. The second-order valence-electron chi connectivity index (χ2n) is 4.57. The highest BCUT2D eigenvalue weighted by atomic mass is 19.1. The predicted molar refractivity (Wildman–Crippen MR) is 66.3 cm³/mol. The Morgan fingerprint density at radius 1 is 1.47 bits per heavy atom. The molecule has 0 saturated carbocycles. The Hall–Kier alpha value is -1.84. The van der Waals surface area contributed by atoms with Gasteiger partial charge in [-0.2, -0.15) is 0 Å². The lowest BCUT2D eigenvalue weighted by Gasteiger charge is -2.19. The van der Waals surface area contributed by atoms with E-state index in [0.717, 1.165) is 0 Å². The third kappa shape index (κ3) is 4.26. The van der Waals surface area contributed by atoms with Gasteiger partial charge in [0.15, 0.2) is 0 Å². The van der Waals surface area contributed by atoms with Crippen LogP contribution >= 0.6 is 0 Å². The van der Waals surface area contributed by atoms with E-state index in [9.17, 15) is 9.18 Å².